The van der Waals surface area contributed by atoms with Crippen molar-refractivity contribution >= 4 is 5.91 Å². The minimum absolute atomic E-state index is 0.124. The predicted molar refractivity (Wildman–Crippen MR) is 62.4 cm³/mol. The van der Waals surface area contributed by atoms with Crippen LogP contribution >= 0.6 is 0 Å². The SMILES string of the molecule is CCC(CC1CC1)NC(=O)CCC(C)N. The maximum atomic E-state index is 11.6. The summed E-state index contributed by atoms with van der Waals surface area (Å²) in [6, 6.07) is 0.511. The molecule has 1 amide bonds. The summed E-state index contributed by atoms with van der Waals surface area (Å²) < 4.78 is 0. The van der Waals surface area contributed by atoms with Crippen molar-refractivity contribution in [1.82, 2.24) is 5.32 Å². The van der Waals surface area contributed by atoms with Gasteiger partial charge in [-0.3, -0.25) is 4.79 Å². The van der Waals surface area contributed by atoms with Crippen LogP contribution in [0, 0.1) is 5.92 Å². The zero-order valence-corrected chi connectivity index (χ0v) is 9.96. The number of hydrogen-bond donors (Lipinski definition) is 2. The minimum atomic E-state index is 0.124. The van der Waals surface area contributed by atoms with E-state index in [1.807, 2.05) is 6.92 Å². The van der Waals surface area contributed by atoms with E-state index in [1.54, 1.807) is 0 Å². The summed E-state index contributed by atoms with van der Waals surface area (Å²) in [5.41, 5.74) is 5.61. The lowest BCUT2D eigenvalue weighted by atomic mass is 10.1. The monoisotopic (exact) mass is 212 g/mol. The molecular weight excluding hydrogens is 188 g/mol. The molecule has 0 aromatic rings. The van der Waals surface area contributed by atoms with Crippen LogP contribution in [0.25, 0.3) is 0 Å². The van der Waals surface area contributed by atoms with Gasteiger partial charge < -0.3 is 11.1 Å². The molecule has 0 spiro atoms. The highest BCUT2D eigenvalue weighted by molar-refractivity contribution is 5.76. The largest absolute Gasteiger partial charge is 0.353 e. The highest BCUT2D eigenvalue weighted by atomic mass is 16.1. The maximum absolute atomic E-state index is 11.6. The second-order valence-electron chi connectivity index (χ2n) is 4.87. The molecule has 1 aliphatic carbocycles. The van der Waals surface area contributed by atoms with Gasteiger partial charge in [0.05, 0.1) is 0 Å². The van der Waals surface area contributed by atoms with Crippen LogP contribution in [0.1, 0.15) is 52.4 Å². The first-order valence-corrected chi connectivity index (χ1v) is 6.16. The third-order valence-corrected chi connectivity index (χ3v) is 3.00. The van der Waals surface area contributed by atoms with E-state index in [2.05, 4.69) is 12.2 Å². The Morgan fingerprint density at radius 2 is 2.20 bits per heavy atom. The topological polar surface area (TPSA) is 55.1 Å². The van der Waals surface area contributed by atoms with Gasteiger partial charge in [-0.05, 0) is 32.1 Å². The van der Waals surface area contributed by atoms with E-state index in [9.17, 15) is 4.79 Å². The molecule has 0 saturated heterocycles. The molecule has 15 heavy (non-hydrogen) atoms. The Kier molecular flexibility index (Phi) is 5.09. The quantitative estimate of drug-likeness (QED) is 0.676. The third-order valence-electron chi connectivity index (χ3n) is 3.00. The first kappa shape index (κ1) is 12.5. The van der Waals surface area contributed by atoms with Crippen LogP contribution < -0.4 is 11.1 Å². The van der Waals surface area contributed by atoms with Crippen molar-refractivity contribution in [3.8, 4) is 0 Å². The van der Waals surface area contributed by atoms with E-state index < -0.39 is 0 Å². The average Bonchev–Trinajstić information content (AvgIpc) is 2.97. The molecule has 1 aliphatic rings. The lowest BCUT2D eigenvalue weighted by Crippen LogP contribution is -2.35. The van der Waals surface area contributed by atoms with Crippen molar-refractivity contribution in [2.45, 2.75) is 64.5 Å². The minimum Gasteiger partial charge on any atom is -0.353 e. The van der Waals surface area contributed by atoms with E-state index in [4.69, 9.17) is 5.73 Å². The van der Waals surface area contributed by atoms with Crippen molar-refractivity contribution in [3.05, 3.63) is 0 Å². The van der Waals surface area contributed by atoms with Gasteiger partial charge in [0.2, 0.25) is 5.91 Å². The van der Waals surface area contributed by atoms with Gasteiger partial charge in [-0.25, -0.2) is 0 Å². The molecule has 0 radical (unpaired) electrons. The molecule has 0 bridgehead atoms. The molecule has 2 unspecified atom stereocenters. The van der Waals surface area contributed by atoms with Crippen molar-refractivity contribution in [2.75, 3.05) is 0 Å². The molecule has 3 N–H and O–H groups in total. The van der Waals surface area contributed by atoms with Crippen molar-refractivity contribution < 1.29 is 4.79 Å². The molecule has 0 heterocycles. The first-order chi connectivity index (χ1) is 7.11. The Morgan fingerprint density at radius 1 is 1.53 bits per heavy atom. The maximum Gasteiger partial charge on any atom is 0.220 e. The molecule has 1 fully saturated rings. The van der Waals surface area contributed by atoms with Crippen LogP contribution in [0.5, 0.6) is 0 Å². The van der Waals surface area contributed by atoms with Gasteiger partial charge >= 0.3 is 0 Å². The van der Waals surface area contributed by atoms with E-state index >= 15 is 0 Å². The van der Waals surface area contributed by atoms with Gasteiger partial charge in [0.15, 0.2) is 0 Å². The summed E-state index contributed by atoms with van der Waals surface area (Å²) in [6.45, 7) is 4.08. The molecule has 0 aliphatic heterocycles. The number of carbonyl (C=O) groups excluding carboxylic acids is 1. The summed E-state index contributed by atoms with van der Waals surface area (Å²) >= 11 is 0. The fourth-order valence-corrected chi connectivity index (χ4v) is 1.74. The van der Waals surface area contributed by atoms with Crippen molar-refractivity contribution in [1.29, 1.82) is 0 Å². The van der Waals surface area contributed by atoms with Crippen molar-refractivity contribution in [2.24, 2.45) is 11.7 Å². The fourth-order valence-electron chi connectivity index (χ4n) is 1.74. The highest BCUT2D eigenvalue weighted by Gasteiger charge is 2.25. The zero-order chi connectivity index (χ0) is 11.3. The average molecular weight is 212 g/mol. The lowest BCUT2D eigenvalue weighted by molar-refractivity contribution is -0.122. The number of nitrogens with one attached hydrogen (secondary N) is 1. The Morgan fingerprint density at radius 3 is 2.67 bits per heavy atom. The van der Waals surface area contributed by atoms with E-state index in [0.717, 1.165) is 18.8 Å². The van der Waals surface area contributed by atoms with Gasteiger partial charge in [-0.15, -0.1) is 0 Å². The van der Waals surface area contributed by atoms with Gasteiger partial charge in [0, 0.05) is 18.5 Å². The smallest absolute Gasteiger partial charge is 0.220 e. The number of hydrogen-bond acceptors (Lipinski definition) is 2. The Hall–Kier alpha value is -0.570. The first-order valence-electron chi connectivity index (χ1n) is 6.16. The van der Waals surface area contributed by atoms with Gasteiger partial charge in [0.25, 0.3) is 0 Å². The summed E-state index contributed by atoms with van der Waals surface area (Å²) in [6.07, 6.45) is 6.27. The van der Waals surface area contributed by atoms with Gasteiger partial charge in [-0.1, -0.05) is 19.8 Å². The molecule has 1 saturated carbocycles. The Bertz CT molecular complexity index is 200. The summed E-state index contributed by atoms with van der Waals surface area (Å²) in [5, 5.41) is 3.10. The number of carbonyl (C=O) groups is 1. The Labute approximate surface area is 92.8 Å². The molecule has 0 aromatic heterocycles. The van der Waals surface area contributed by atoms with Gasteiger partial charge in [-0.2, -0.15) is 0 Å². The number of rotatable bonds is 7. The molecule has 1 rings (SSSR count). The molecular formula is C12H24N2O. The van der Waals surface area contributed by atoms with Crippen LogP contribution in [0.2, 0.25) is 0 Å². The molecule has 2 atom stereocenters. The normalized spacial score (nSPS) is 19.7. The fraction of sp³-hybridized carbons (Fsp3) is 0.917. The standard InChI is InChI=1S/C12H24N2O/c1-3-11(8-10-5-6-10)14-12(15)7-4-9(2)13/h9-11H,3-8,13H2,1-2H3,(H,14,15). The molecule has 0 aromatic carbocycles. The summed E-state index contributed by atoms with van der Waals surface area (Å²) in [4.78, 5) is 11.6. The zero-order valence-electron chi connectivity index (χ0n) is 9.96. The summed E-state index contributed by atoms with van der Waals surface area (Å²) in [5.74, 6) is 1.04. The molecule has 88 valence electrons. The second kappa shape index (κ2) is 6.11. The predicted octanol–water partition coefficient (Wildman–Crippen LogP) is 1.81. The van der Waals surface area contributed by atoms with Crippen LogP contribution in [-0.2, 0) is 4.79 Å². The molecule has 3 heteroatoms. The van der Waals surface area contributed by atoms with Crippen LogP contribution in [0.4, 0.5) is 0 Å². The Balaban J connectivity index is 2.15. The second-order valence-corrected chi connectivity index (χ2v) is 4.87. The van der Waals surface area contributed by atoms with Gasteiger partial charge in [0.1, 0.15) is 0 Å². The van der Waals surface area contributed by atoms with E-state index in [0.29, 0.717) is 12.5 Å². The number of amides is 1. The highest BCUT2D eigenvalue weighted by Crippen LogP contribution is 2.34. The molecule has 3 nitrogen and oxygen atoms in total. The van der Waals surface area contributed by atoms with Crippen molar-refractivity contribution in [3.63, 3.8) is 0 Å². The van der Waals surface area contributed by atoms with E-state index in [1.165, 1.54) is 19.3 Å². The third kappa shape index (κ3) is 5.78. The van der Waals surface area contributed by atoms with E-state index in [-0.39, 0.29) is 11.9 Å². The summed E-state index contributed by atoms with van der Waals surface area (Å²) in [7, 11) is 0. The van der Waals surface area contributed by atoms with Crippen LogP contribution in [-0.4, -0.2) is 18.0 Å². The van der Waals surface area contributed by atoms with Crippen LogP contribution in [0.15, 0.2) is 0 Å². The lowest BCUT2D eigenvalue weighted by Gasteiger charge is -2.16. The number of nitrogens with two attached hydrogens (primary N) is 1. The van der Waals surface area contributed by atoms with Crippen LogP contribution in [0.3, 0.4) is 0 Å².